The first-order valence-corrected chi connectivity index (χ1v) is 7.19. The van der Waals surface area contributed by atoms with Crippen molar-refractivity contribution in [3.05, 3.63) is 53.4 Å². The number of aromatic amines is 1. The Bertz CT molecular complexity index is 631. The summed E-state index contributed by atoms with van der Waals surface area (Å²) in [5.41, 5.74) is 2.19. The average Bonchev–Trinajstić information content (AvgIpc) is 3.03. The number of benzene rings is 1. The number of amides is 1. The Balaban J connectivity index is 1.69. The molecular weight excluding hydrogens is 269 g/mol. The van der Waals surface area contributed by atoms with Crippen LogP contribution in [0.4, 0.5) is 4.39 Å². The second-order valence-corrected chi connectivity index (χ2v) is 5.56. The van der Waals surface area contributed by atoms with Crippen LogP contribution < -0.4 is 0 Å². The summed E-state index contributed by atoms with van der Waals surface area (Å²) in [5.74, 6) is -0.251. The minimum atomic E-state index is -0.443. The summed E-state index contributed by atoms with van der Waals surface area (Å²) in [6.45, 7) is 3.16. The van der Waals surface area contributed by atoms with Gasteiger partial charge >= 0.3 is 0 Å². The highest BCUT2D eigenvalue weighted by Crippen LogP contribution is 2.27. The van der Waals surface area contributed by atoms with Gasteiger partial charge in [-0.2, -0.15) is 0 Å². The number of hydrogen-bond acceptors (Lipinski definition) is 2. The Kier molecular flexibility index (Phi) is 3.73. The Morgan fingerprint density at radius 3 is 2.81 bits per heavy atom. The van der Waals surface area contributed by atoms with E-state index in [1.807, 2.05) is 13.1 Å². The van der Waals surface area contributed by atoms with E-state index in [1.54, 1.807) is 23.4 Å². The molecule has 1 saturated heterocycles. The van der Waals surface area contributed by atoms with Crippen LogP contribution in [0.2, 0.25) is 0 Å². The maximum absolute atomic E-state index is 13.8. The summed E-state index contributed by atoms with van der Waals surface area (Å²) in [6.07, 6.45) is 5.26. The number of rotatable bonds is 2. The van der Waals surface area contributed by atoms with Gasteiger partial charge in [0, 0.05) is 30.9 Å². The molecule has 1 aliphatic heterocycles. The fourth-order valence-corrected chi connectivity index (χ4v) is 2.86. The van der Waals surface area contributed by atoms with Crippen molar-refractivity contribution in [2.75, 3.05) is 13.1 Å². The smallest absolute Gasteiger partial charge is 0.256 e. The molecular formula is C16H18FN3O. The number of aryl methyl sites for hydroxylation is 1. The summed E-state index contributed by atoms with van der Waals surface area (Å²) in [6, 6.07) is 4.66. The van der Waals surface area contributed by atoms with Crippen LogP contribution in [0.1, 0.15) is 40.4 Å². The van der Waals surface area contributed by atoms with Crippen LogP contribution in [0.25, 0.3) is 0 Å². The lowest BCUT2D eigenvalue weighted by Crippen LogP contribution is -2.38. The molecule has 1 amide bonds. The van der Waals surface area contributed by atoms with Gasteiger partial charge in [0.2, 0.25) is 0 Å². The summed E-state index contributed by atoms with van der Waals surface area (Å²) < 4.78 is 13.8. The van der Waals surface area contributed by atoms with E-state index < -0.39 is 5.82 Å². The van der Waals surface area contributed by atoms with E-state index in [0.29, 0.717) is 19.0 Å². The van der Waals surface area contributed by atoms with Crippen molar-refractivity contribution in [2.45, 2.75) is 25.7 Å². The molecule has 110 valence electrons. The van der Waals surface area contributed by atoms with Crippen LogP contribution in [0.15, 0.2) is 30.7 Å². The Morgan fingerprint density at radius 2 is 2.14 bits per heavy atom. The zero-order valence-electron chi connectivity index (χ0n) is 12.0. The maximum Gasteiger partial charge on any atom is 0.256 e. The number of piperidine rings is 1. The molecule has 0 aliphatic carbocycles. The Morgan fingerprint density at radius 1 is 1.38 bits per heavy atom. The van der Waals surface area contributed by atoms with Gasteiger partial charge in [-0.1, -0.05) is 11.6 Å². The molecule has 0 saturated carbocycles. The summed E-state index contributed by atoms with van der Waals surface area (Å²) in [4.78, 5) is 21.3. The van der Waals surface area contributed by atoms with Gasteiger partial charge in [-0.3, -0.25) is 4.79 Å². The number of carbonyl (C=O) groups excluding carboxylic acids is 1. The molecule has 2 aromatic rings. The molecule has 1 aliphatic rings. The van der Waals surface area contributed by atoms with E-state index in [-0.39, 0.29) is 11.5 Å². The minimum absolute atomic E-state index is 0.176. The molecule has 4 nitrogen and oxygen atoms in total. The number of nitrogens with one attached hydrogen (secondary N) is 1. The second kappa shape index (κ2) is 5.68. The quantitative estimate of drug-likeness (QED) is 0.923. The van der Waals surface area contributed by atoms with E-state index in [9.17, 15) is 9.18 Å². The SMILES string of the molecule is Cc1ccc(F)c(C(=O)N2CCC(c3cnc[nH]3)CC2)c1. The standard InChI is InChI=1S/C16H18FN3O/c1-11-2-3-14(17)13(8-11)16(21)20-6-4-12(5-7-20)15-9-18-10-19-15/h2-3,8-10,12H,4-7H2,1H3,(H,18,19). The lowest BCUT2D eigenvalue weighted by molar-refractivity contribution is 0.0707. The van der Waals surface area contributed by atoms with Crippen LogP contribution in [-0.4, -0.2) is 33.9 Å². The molecule has 1 fully saturated rings. The van der Waals surface area contributed by atoms with Gasteiger partial charge in [0.25, 0.3) is 5.91 Å². The van der Waals surface area contributed by atoms with Crippen molar-refractivity contribution < 1.29 is 9.18 Å². The number of H-pyrrole nitrogens is 1. The molecule has 3 rings (SSSR count). The highest BCUT2D eigenvalue weighted by Gasteiger charge is 2.26. The molecule has 0 spiro atoms. The molecule has 1 aromatic heterocycles. The summed E-state index contributed by atoms with van der Waals surface area (Å²) in [7, 11) is 0. The van der Waals surface area contributed by atoms with Crippen molar-refractivity contribution in [1.82, 2.24) is 14.9 Å². The Labute approximate surface area is 123 Å². The monoisotopic (exact) mass is 287 g/mol. The predicted octanol–water partition coefficient (Wildman–Crippen LogP) is 2.88. The van der Waals surface area contributed by atoms with Crippen LogP contribution in [0.5, 0.6) is 0 Å². The minimum Gasteiger partial charge on any atom is -0.348 e. The zero-order valence-corrected chi connectivity index (χ0v) is 12.0. The summed E-state index contributed by atoms with van der Waals surface area (Å²) in [5, 5.41) is 0. The van der Waals surface area contributed by atoms with Crippen molar-refractivity contribution in [1.29, 1.82) is 0 Å². The number of imidazole rings is 1. The number of halogens is 1. The number of aromatic nitrogens is 2. The number of carbonyl (C=O) groups is 1. The summed E-state index contributed by atoms with van der Waals surface area (Å²) >= 11 is 0. The van der Waals surface area contributed by atoms with Crippen LogP contribution in [-0.2, 0) is 0 Å². The molecule has 0 unspecified atom stereocenters. The fourth-order valence-electron chi connectivity index (χ4n) is 2.86. The van der Waals surface area contributed by atoms with E-state index in [1.165, 1.54) is 6.07 Å². The first-order chi connectivity index (χ1) is 10.1. The van der Waals surface area contributed by atoms with Gasteiger partial charge in [0.1, 0.15) is 5.82 Å². The van der Waals surface area contributed by atoms with Crippen molar-refractivity contribution in [3.8, 4) is 0 Å². The van der Waals surface area contributed by atoms with Crippen LogP contribution in [0.3, 0.4) is 0 Å². The highest BCUT2D eigenvalue weighted by molar-refractivity contribution is 5.94. The molecule has 1 N–H and O–H groups in total. The Hall–Kier alpha value is -2.17. The maximum atomic E-state index is 13.8. The number of nitrogens with zero attached hydrogens (tertiary/aromatic N) is 2. The van der Waals surface area contributed by atoms with E-state index in [2.05, 4.69) is 9.97 Å². The topological polar surface area (TPSA) is 49.0 Å². The fraction of sp³-hybridized carbons (Fsp3) is 0.375. The second-order valence-electron chi connectivity index (χ2n) is 5.56. The third-order valence-electron chi connectivity index (χ3n) is 4.09. The number of likely N-dealkylation sites (tertiary alicyclic amines) is 1. The van der Waals surface area contributed by atoms with E-state index in [0.717, 1.165) is 24.1 Å². The lowest BCUT2D eigenvalue weighted by Gasteiger charge is -2.31. The van der Waals surface area contributed by atoms with Crippen LogP contribution >= 0.6 is 0 Å². The molecule has 0 radical (unpaired) electrons. The third kappa shape index (κ3) is 2.82. The third-order valence-corrected chi connectivity index (χ3v) is 4.09. The molecule has 1 aromatic carbocycles. The first-order valence-electron chi connectivity index (χ1n) is 7.19. The van der Waals surface area contributed by atoms with E-state index in [4.69, 9.17) is 0 Å². The van der Waals surface area contributed by atoms with Gasteiger partial charge in [0.15, 0.2) is 0 Å². The lowest BCUT2D eigenvalue weighted by atomic mass is 9.93. The van der Waals surface area contributed by atoms with Gasteiger partial charge in [0.05, 0.1) is 11.9 Å². The van der Waals surface area contributed by atoms with Gasteiger partial charge in [-0.15, -0.1) is 0 Å². The van der Waals surface area contributed by atoms with Crippen molar-refractivity contribution in [3.63, 3.8) is 0 Å². The van der Waals surface area contributed by atoms with Crippen molar-refractivity contribution >= 4 is 5.91 Å². The van der Waals surface area contributed by atoms with E-state index >= 15 is 0 Å². The van der Waals surface area contributed by atoms with Gasteiger partial charge < -0.3 is 9.88 Å². The normalized spacial score (nSPS) is 16.2. The van der Waals surface area contributed by atoms with Crippen LogP contribution in [0, 0.1) is 12.7 Å². The van der Waals surface area contributed by atoms with Gasteiger partial charge in [-0.25, -0.2) is 9.37 Å². The number of hydrogen-bond donors (Lipinski definition) is 1. The molecule has 5 heteroatoms. The molecule has 0 atom stereocenters. The van der Waals surface area contributed by atoms with Crippen molar-refractivity contribution in [2.24, 2.45) is 0 Å². The predicted molar refractivity (Wildman–Crippen MR) is 77.6 cm³/mol. The molecule has 2 heterocycles. The van der Waals surface area contributed by atoms with Gasteiger partial charge in [-0.05, 0) is 31.9 Å². The zero-order chi connectivity index (χ0) is 14.8. The molecule has 0 bridgehead atoms. The highest BCUT2D eigenvalue weighted by atomic mass is 19.1. The first kappa shape index (κ1) is 13.8. The molecule has 21 heavy (non-hydrogen) atoms. The largest absolute Gasteiger partial charge is 0.348 e. The average molecular weight is 287 g/mol.